The first-order chi connectivity index (χ1) is 18.8. The number of rotatable bonds is 6. The Bertz CT molecular complexity index is 1310. The topological polar surface area (TPSA) is 73.3 Å². The van der Waals surface area contributed by atoms with Crippen molar-refractivity contribution in [2.45, 2.75) is 59.3 Å². The van der Waals surface area contributed by atoms with Gasteiger partial charge in [-0.1, -0.05) is 20.8 Å². The fraction of sp³-hybridized carbons (Fsp3) is 0.545. The Morgan fingerprint density at radius 2 is 1.67 bits per heavy atom. The number of nitrogens with two attached hydrogens (primary N) is 1. The molecule has 3 aliphatic rings. The molecule has 1 heterocycles. The third-order valence-corrected chi connectivity index (χ3v) is 11.3. The summed E-state index contributed by atoms with van der Waals surface area (Å²) in [6, 6.07) is 13.8. The van der Waals surface area contributed by atoms with Crippen LogP contribution in [0.25, 0.3) is 5.69 Å². The molecule has 6 heteroatoms. The van der Waals surface area contributed by atoms with E-state index in [1.165, 1.54) is 49.1 Å². The van der Waals surface area contributed by atoms with Gasteiger partial charge in [0.05, 0.1) is 11.9 Å². The van der Waals surface area contributed by atoms with Crippen LogP contribution < -0.4 is 10.5 Å². The highest BCUT2D eigenvalue weighted by Crippen LogP contribution is 2.63. The molecule has 208 valence electrons. The lowest BCUT2D eigenvalue weighted by atomic mass is 9.49. The van der Waals surface area contributed by atoms with Gasteiger partial charge in [0.15, 0.2) is 0 Å². The van der Waals surface area contributed by atoms with Crippen LogP contribution in [0.3, 0.4) is 0 Å². The predicted octanol–water partition coefficient (Wildman–Crippen LogP) is 6.55. The van der Waals surface area contributed by atoms with Crippen molar-refractivity contribution >= 4 is 0 Å². The summed E-state index contributed by atoms with van der Waals surface area (Å²) in [5.41, 5.74) is 10.4. The fourth-order valence-electron chi connectivity index (χ4n) is 8.72. The van der Waals surface area contributed by atoms with Crippen molar-refractivity contribution in [3.63, 3.8) is 0 Å². The standard InChI is InChI=1S/C33H42FN3O2/c1-21-4-13-29-28(18-35)30(14-15-32(21,29)2)33(3)17-22-19-36-37(31(22)16-23(33)20-38)25-7-11-27(12-8-25)39-26-9-5-24(34)6-10-26/h5-12,19,21,23,28-30,38H,4,13-18,20,35H2,1-3H3/t21-,23+,28-,29-,30-,32+,33-/m0/s1. The van der Waals surface area contributed by atoms with Crippen LogP contribution in [-0.4, -0.2) is 28.0 Å². The SMILES string of the molecule is C[C@H]1CC[C@H]2[C@H](CN)[C@@H]([C@@]3(C)Cc4cnn(-c5ccc(Oc6ccc(F)cc6)cc5)c4C[C@@H]3CO)CC[C@]12C. The van der Waals surface area contributed by atoms with E-state index in [9.17, 15) is 9.50 Å². The van der Waals surface area contributed by atoms with Gasteiger partial charge in [-0.05, 0) is 140 Å². The lowest BCUT2D eigenvalue weighted by Gasteiger charge is -2.56. The van der Waals surface area contributed by atoms with Gasteiger partial charge in [-0.25, -0.2) is 9.07 Å². The Labute approximate surface area is 231 Å². The Morgan fingerprint density at radius 3 is 2.33 bits per heavy atom. The number of benzene rings is 2. The van der Waals surface area contributed by atoms with Gasteiger partial charge in [-0.15, -0.1) is 0 Å². The molecular weight excluding hydrogens is 489 g/mol. The molecule has 0 bridgehead atoms. The number of hydrogen-bond acceptors (Lipinski definition) is 4. The molecule has 2 fully saturated rings. The van der Waals surface area contributed by atoms with Crippen molar-refractivity contribution in [2.75, 3.05) is 13.2 Å². The summed E-state index contributed by atoms with van der Waals surface area (Å²) in [5, 5.41) is 15.5. The fourth-order valence-corrected chi connectivity index (χ4v) is 8.72. The number of ether oxygens (including phenoxy) is 1. The average molecular weight is 532 g/mol. The maximum atomic E-state index is 13.2. The monoisotopic (exact) mass is 531 g/mol. The molecule has 0 radical (unpaired) electrons. The Balaban J connectivity index is 1.25. The summed E-state index contributed by atoms with van der Waals surface area (Å²) < 4.78 is 21.1. The minimum atomic E-state index is -0.285. The van der Waals surface area contributed by atoms with Gasteiger partial charge in [0.25, 0.3) is 0 Å². The van der Waals surface area contributed by atoms with Crippen LogP contribution in [0.4, 0.5) is 4.39 Å². The molecule has 3 aliphatic carbocycles. The lowest BCUT2D eigenvalue weighted by molar-refractivity contribution is -0.0691. The molecule has 3 aromatic rings. The minimum absolute atomic E-state index is 0.000334. The van der Waals surface area contributed by atoms with Crippen LogP contribution in [0.1, 0.15) is 57.7 Å². The van der Waals surface area contributed by atoms with Crippen LogP contribution >= 0.6 is 0 Å². The Morgan fingerprint density at radius 1 is 1.00 bits per heavy atom. The highest BCUT2D eigenvalue weighted by Gasteiger charge is 2.57. The van der Waals surface area contributed by atoms with Crippen LogP contribution in [0.15, 0.2) is 54.7 Å². The summed E-state index contributed by atoms with van der Waals surface area (Å²) in [4.78, 5) is 0. The van der Waals surface area contributed by atoms with E-state index < -0.39 is 0 Å². The molecule has 7 atom stereocenters. The number of aliphatic hydroxyl groups is 1. The first-order valence-corrected chi connectivity index (χ1v) is 14.7. The van der Waals surface area contributed by atoms with E-state index in [1.54, 1.807) is 12.1 Å². The maximum absolute atomic E-state index is 13.2. The number of aromatic nitrogens is 2. The molecule has 0 spiro atoms. The van der Waals surface area contributed by atoms with Crippen molar-refractivity contribution in [1.82, 2.24) is 9.78 Å². The third-order valence-electron chi connectivity index (χ3n) is 11.3. The van der Waals surface area contributed by atoms with E-state index in [-0.39, 0.29) is 23.8 Å². The van der Waals surface area contributed by atoms with Crippen LogP contribution in [0.2, 0.25) is 0 Å². The van der Waals surface area contributed by atoms with E-state index in [0.717, 1.165) is 31.0 Å². The zero-order chi connectivity index (χ0) is 27.4. The number of halogens is 1. The highest BCUT2D eigenvalue weighted by atomic mass is 19.1. The van der Waals surface area contributed by atoms with Gasteiger partial charge in [-0.3, -0.25) is 0 Å². The number of nitrogens with zero attached hydrogens (tertiary/aromatic N) is 2. The molecule has 3 N–H and O–H groups in total. The second kappa shape index (κ2) is 10.0. The van der Waals surface area contributed by atoms with Crippen molar-refractivity contribution in [3.8, 4) is 17.2 Å². The van der Waals surface area contributed by atoms with Gasteiger partial charge in [0.1, 0.15) is 17.3 Å². The average Bonchev–Trinajstić information content (AvgIpc) is 3.48. The van der Waals surface area contributed by atoms with Crippen LogP contribution in [-0.2, 0) is 12.8 Å². The summed E-state index contributed by atoms with van der Waals surface area (Å²) in [7, 11) is 0. The molecule has 0 unspecified atom stereocenters. The largest absolute Gasteiger partial charge is 0.457 e. The molecule has 6 rings (SSSR count). The molecule has 0 saturated heterocycles. The number of hydrogen-bond donors (Lipinski definition) is 2. The second-order valence-electron chi connectivity index (χ2n) is 13.0. The molecular formula is C33H42FN3O2. The van der Waals surface area contributed by atoms with E-state index in [4.69, 9.17) is 15.6 Å². The zero-order valence-electron chi connectivity index (χ0n) is 23.4. The number of fused-ring (bicyclic) bond motifs is 2. The summed E-state index contributed by atoms with van der Waals surface area (Å²) in [6.45, 7) is 8.29. The first-order valence-electron chi connectivity index (χ1n) is 14.7. The normalized spacial score (nSPS) is 33.9. The van der Waals surface area contributed by atoms with E-state index in [2.05, 4.69) is 20.8 Å². The molecule has 0 amide bonds. The van der Waals surface area contributed by atoms with Crippen LogP contribution in [0.5, 0.6) is 11.5 Å². The van der Waals surface area contributed by atoms with Crippen molar-refractivity contribution in [2.24, 2.45) is 46.2 Å². The van der Waals surface area contributed by atoms with E-state index in [0.29, 0.717) is 34.7 Å². The maximum Gasteiger partial charge on any atom is 0.127 e. The Hall–Kier alpha value is -2.70. The molecule has 1 aromatic heterocycles. The minimum Gasteiger partial charge on any atom is -0.457 e. The highest BCUT2D eigenvalue weighted by molar-refractivity contribution is 5.42. The van der Waals surface area contributed by atoms with Crippen molar-refractivity contribution in [3.05, 3.63) is 71.8 Å². The summed E-state index contributed by atoms with van der Waals surface area (Å²) in [5.74, 6) is 3.65. The quantitative estimate of drug-likeness (QED) is 0.378. The molecule has 5 nitrogen and oxygen atoms in total. The van der Waals surface area contributed by atoms with Gasteiger partial charge in [-0.2, -0.15) is 5.10 Å². The summed E-state index contributed by atoms with van der Waals surface area (Å²) >= 11 is 0. The molecule has 39 heavy (non-hydrogen) atoms. The van der Waals surface area contributed by atoms with E-state index >= 15 is 0 Å². The smallest absolute Gasteiger partial charge is 0.127 e. The van der Waals surface area contributed by atoms with Gasteiger partial charge in [0.2, 0.25) is 0 Å². The Kier molecular flexibility index (Phi) is 6.83. The molecule has 0 aliphatic heterocycles. The summed E-state index contributed by atoms with van der Waals surface area (Å²) in [6.07, 6.45) is 8.85. The third kappa shape index (κ3) is 4.40. The van der Waals surface area contributed by atoms with Gasteiger partial charge >= 0.3 is 0 Å². The lowest BCUT2D eigenvalue weighted by Crippen LogP contribution is -2.53. The van der Waals surface area contributed by atoms with E-state index in [1.807, 2.05) is 35.1 Å². The van der Waals surface area contributed by atoms with Gasteiger partial charge in [0, 0.05) is 12.3 Å². The van der Waals surface area contributed by atoms with Gasteiger partial charge < -0.3 is 15.6 Å². The van der Waals surface area contributed by atoms with Crippen molar-refractivity contribution < 1.29 is 14.2 Å². The van der Waals surface area contributed by atoms with Crippen molar-refractivity contribution in [1.29, 1.82) is 0 Å². The molecule has 2 saturated carbocycles. The zero-order valence-corrected chi connectivity index (χ0v) is 23.4. The number of aliphatic hydroxyl groups excluding tert-OH is 1. The molecule has 2 aromatic carbocycles. The second-order valence-corrected chi connectivity index (χ2v) is 13.0. The predicted molar refractivity (Wildman–Crippen MR) is 151 cm³/mol. The van der Waals surface area contributed by atoms with Crippen LogP contribution in [0, 0.1) is 46.2 Å². The first kappa shape index (κ1) is 26.5.